The average Bonchev–Trinajstić information content (AvgIpc) is 2.38. The van der Waals surface area contributed by atoms with Gasteiger partial charge in [0.25, 0.3) is 0 Å². The monoisotopic (exact) mass is 259 g/mol. The smallest absolute Gasteiger partial charge is 0.0991 e. The summed E-state index contributed by atoms with van der Waals surface area (Å²) < 4.78 is 0. The summed E-state index contributed by atoms with van der Waals surface area (Å²) in [6, 6.07) is 10.8. The molecule has 1 aromatic carbocycles. The van der Waals surface area contributed by atoms with Crippen molar-refractivity contribution in [1.82, 2.24) is 10.2 Å². The predicted octanol–water partition coefficient (Wildman–Crippen LogP) is 2.80. The highest BCUT2D eigenvalue weighted by Crippen LogP contribution is 2.15. The third-order valence-corrected chi connectivity index (χ3v) is 3.58. The van der Waals surface area contributed by atoms with Crippen molar-refractivity contribution in [3.8, 4) is 6.07 Å². The maximum absolute atomic E-state index is 8.93. The summed E-state index contributed by atoms with van der Waals surface area (Å²) in [6.07, 6.45) is 0. The molecule has 2 atom stereocenters. The molecule has 19 heavy (non-hydrogen) atoms. The van der Waals surface area contributed by atoms with Gasteiger partial charge in [-0.2, -0.15) is 5.26 Å². The van der Waals surface area contributed by atoms with Crippen molar-refractivity contribution in [2.24, 2.45) is 5.92 Å². The van der Waals surface area contributed by atoms with E-state index in [0.717, 1.165) is 12.1 Å². The number of nitrogens with one attached hydrogen (secondary N) is 1. The standard InChI is InChI=1S/C16H25N3/c1-12(2)16(19(4)5)11-18-13(3)15-8-6-7-14(9-15)10-17/h6-9,12-13,16,18H,11H2,1-5H3. The van der Waals surface area contributed by atoms with Crippen LogP contribution in [0.5, 0.6) is 0 Å². The lowest BCUT2D eigenvalue weighted by Gasteiger charge is -2.29. The highest BCUT2D eigenvalue weighted by Gasteiger charge is 2.16. The zero-order valence-corrected chi connectivity index (χ0v) is 12.6. The molecule has 3 nitrogen and oxygen atoms in total. The van der Waals surface area contributed by atoms with Gasteiger partial charge in [0.05, 0.1) is 11.6 Å². The molecule has 0 radical (unpaired) electrons. The quantitative estimate of drug-likeness (QED) is 0.854. The van der Waals surface area contributed by atoms with Crippen LogP contribution in [-0.4, -0.2) is 31.6 Å². The van der Waals surface area contributed by atoms with Gasteiger partial charge in [0, 0.05) is 18.6 Å². The average molecular weight is 259 g/mol. The fourth-order valence-corrected chi connectivity index (χ4v) is 2.31. The van der Waals surface area contributed by atoms with Gasteiger partial charge in [-0.1, -0.05) is 26.0 Å². The first-order valence-electron chi connectivity index (χ1n) is 6.85. The summed E-state index contributed by atoms with van der Waals surface area (Å²) in [4.78, 5) is 2.26. The molecule has 1 aromatic rings. The third kappa shape index (κ3) is 4.66. The molecule has 0 saturated heterocycles. The second-order valence-electron chi connectivity index (χ2n) is 5.64. The van der Waals surface area contributed by atoms with E-state index in [4.69, 9.17) is 5.26 Å². The van der Waals surface area contributed by atoms with Gasteiger partial charge in [0.15, 0.2) is 0 Å². The minimum absolute atomic E-state index is 0.259. The van der Waals surface area contributed by atoms with Crippen molar-refractivity contribution in [2.75, 3.05) is 20.6 Å². The summed E-state index contributed by atoms with van der Waals surface area (Å²) in [6.45, 7) is 7.58. The fraction of sp³-hybridized carbons (Fsp3) is 0.562. The van der Waals surface area contributed by atoms with E-state index >= 15 is 0 Å². The molecule has 0 spiro atoms. The van der Waals surface area contributed by atoms with Crippen molar-refractivity contribution in [1.29, 1.82) is 5.26 Å². The Bertz CT molecular complexity index is 424. The summed E-state index contributed by atoms with van der Waals surface area (Å²) >= 11 is 0. The molecule has 0 aliphatic rings. The lowest BCUT2D eigenvalue weighted by molar-refractivity contribution is 0.220. The highest BCUT2D eigenvalue weighted by atomic mass is 15.1. The second kappa shape index (κ2) is 7.28. The number of likely N-dealkylation sites (N-methyl/N-ethyl adjacent to an activating group) is 1. The van der Waals surface area contributed by atoms with Crippen molar-refractivity contribution < 1.29 is 0 Å². The molecule has 0 aromatic heterocycles. The lowest BCUT2D eigenvalue weighted by Crippen LogP contribution is -2.42. The Hall–Kier alpha value is -1.37. The summed E-state index contributed by atoms with van der Waals surface area (Å²) in [5.41, 5.74) is 1.89. The van der Waals surface area contributed by atoms with Crippen LogP contribution in [0.15, 0.2) is 24.3 Å². The zero-order valence-electron chi connectivity index (χ0n) is 12.6. The fourth-order valence-electron chi connectivity index (χ4n) is 2.31. The lowest BCUT2D eigenvalue weighted by atomic mass is 10.0. The Kier molecular flexibility index (Phi) is 6.01. The number of benzene rings is 1. The van der Waals surface area contributed by atoms with Gasteiger partial charge in [-0.15, -0.1) is 0 Å². The van der Waals surface area contributed by atoms with Crippen molar-refractivity contribution in [2.45, 2.75) is 32.9 Å². The van der Waals surface area contributed by atoms with E-state index in [1.54, 1.807) is 0 Å². The van der Waals surface area contributed by atoms with Gasteiger partial charge >= 0.3 is 0 Å². The summed E-state index contributed by atoms with van der Waals surface area (Å²) in [7, 11) is 4.24. The maximum atomic E-state index is 8.93. The Morgan fingerprint density at radius 2 is 1.95 bits per heavy atom. The first-order valence-corrected chi connectivity index (χ1v) is 6.85. The molecule has 1 rings (SSSR count). The van der Waals surface area contributed by atoms with Crippen LogP contribution in [0.25, 0.3) is 0 Å². The van der Waals surface area contributed by atoms with E-state index in [1.165, 1.54) is 5.56 Å². The molecule has 0 amide bonds. The second-order valence-corrected chi connectivity index (χ2v) is 5.64. The molecule has 2 unspecified atom stereocenters. The Balaban J connectivity index is 2.64. The van der Waals surface area contributed by atoms with E-state index in [1.807, 2.05) is 18.2 Å². The Morgan fingerprint density at radius 3 is 2.47 bits per heavy atom. The van der Waals surface area contributed by atoms with E-state index in [2.05, 4.69) is 57.2 Å². The van der Waals surface area contributed by atoms with Crippen LogP contribution in [0.2, 0.25) is 0 Å². The SMILES string of the molecule is CC(NCC(C(C)C)N(C)C)c1cccc(C#N)c1. The van der Waals surface area contributed by atoms with Crippen LogP contribution < -0.4 is 5.32 Å². The number of hydrogen-bond donors (Lipinski definition) is 1. The molecule has 0 fully saturated rings. The molecule has 104 valence electrons. The number of rotatable bonds is 6. The van der Waals surface area contributed by atoms with Gasteiger partial charge < -0.3 is 10.2 Å². The van der Waals surface area contributed by atoms with Crippen molar-refractivity contribution >= 4 is 0 Å². The predicted molar refractivity (Wildman–Crippen MR) is 79.9 cm³/mol. The first-order chi connectivity index (χ1) is 8.95. The zero-order chi connectivity index (χ0) is 14.4. The Labute approximate surface area is 117 Å². The summed E-state index contributed by atoms with van der Waals surface area (Å²) in [5, 5.41) is 12.5. The molecule has 1 N–H and O–H groups in total. The van der Waals surface area contributed by atoms with Gasteiger partial charge in [-0.3, -0.25) is 0 Å². The highest BCUT2D eigenvalue weighted by molar-refractivity contribution is 5.34. The summed E-state index contributed by atoms with van der Waals surface area (Å²) in [5.74, 6) is 0.611. The molecular formula is C16H25N3. The Morgan fingerprint density at radius 1 is 1.26 bits per heavy atom. The van der Waals surface area contributed by atoms with E-state index < -0.39 is 0 Å². The molecule has 0 aliphatic heterocycles. The van der Waals surface area contributed by atoms with Crippen LogP contribution in [0.3, 0.4) is 0 Å². The third-order valence-electron chi connectivity index (χ3n) is 3.58. The van der Waals surface area contributed by atoms with Gasteiger partial charge in [0.2, 0.25) is 0 Å². The minimum atomic E-state index is 0.259. The maximum Gasteiger partial charge on any atom is 0.0991 e. The van der Waals surface area contributed by atoms with E-state index in [-0.39, 0.29) is 6.04 Å². The number of nitrogens with zero attached hydrogens (tertiary/aromatic N) is 2. The normalized spacial score (nSPS) is 14.4. The molecule has 0 saturated carbocycles. The minimum Gasteiger partial charge on any atom is -0.309 e. The van der Waals surface area contributed by atoms with Crippen LogP contribution in [0.4, 0.5) is 0 Å². The largest absolute Gasteiger partial charge is 0.309 e. The topological polar surface area (TPSA) is 39.1 Å². The first kappa shape index (κ1) is 15.7. The molecular weight excluding hydrogens is 234 g/mol. The van der Waals surface area contributed by atoms with Crippen LogP contribution in [0.1, 0.15) is 37.9 Å². The van der Waals surface area contributed by atoms with Crippen LogP contribution >= 0.6 is 0 Å². The van der Waals surface area contributed by atoms with Crippen LogP contribution in [0, 0.1) is 17.2 Å². The van der Waals surface area contributed by atoms with Crippen LogP contribution in [-0.2, 0) is 0 Å². The molecule has 0 heterocycles. The van der Waals surface area contributed by atoms with E-state index in [9.17, 15) is 0 Å². The molecule has 3 heteroatoms. The number of nitriles is 1. The van der Waals surface area contributed by atoms with Gasteiger partial charge in [-0.05, 0) is 44.6 Å². The van der Waals surface area contributed by atoms with E-state index in [0.29, 0.717) is 12.0 Å². The van der Waals surface area contributed by atoms with Gasteiger partial charge in [-0.25, -0.2) is 0 Å². The van der Waals surface area contributed by atoms with Crippen molar-refractivity contribution in [3.63, 3.8) is 0 Å². The van der Waals surface area contributed by atoms with Crippen molar-refractivity contribution in [3.05, 3.63) is 35.4 Å². The van der Waals surface area contributed by atoms with Gasteiger partial charge in [0.1, 0.15) is 0 Å². The number of hydrogen-bond acceptors (Lipinski definition) is 3. The molecule has 0 aliphatic carbocycles. The molecule has 0 bridgehead atoms.